The summed E-state index contributed by atoms with van der Waals surface area (Å²) in [6, 6.07) is 0.0317. The molecular formula is C12H7BrF6N4OS. The Morgan fingerprint density at radius 3 is 2.48 bits per heavy atom. The summed E-state index contributed by atoms with van der Waals surface area (Å²) >= 11 is 3.81. The summed E-state index contributed by atoms with van der Waals surface area (Å²) in [5, 5.41) is 4.47. The number of carbonyl (C=O) groups excluding carboxylic acids is 1. The van der Waals surface area contributed by atoms with Crippen LogP contribution in [0.5, 0.6) is 0 Å². The normalized spacial score (nSPS) is 12.1. The number of amides is 2. The first kappa shape index (κ1) is 19.4. The van der Waals surface area contributed by atoms with Gasteiger partial charge >= 0.3 is 18.4 Å². The highest BCUT2D eigenvalue weighted by molar-refractivity contribution is 9.10. The van der Waals surface area contributed by atoms with Crippen molar-refractivity contribution >= 4 is 39.1 Å². The molecule has 0 aliphatic heterocycles. The van der Waals surface area contributed by atoms with Gasteiger partial charge in [0.05, 0.1) is 0 Å². The molecule has 0 radical (unpaired) electrons. The van der Waals surface area contributed by atoms with Crippen molar-refractivity contribution in [3.8, 4) is 10.6 Å². The first-order valence-electron chi connectivity index (χ1n) is 6.26. The molecule has 0 aliphatic rings. The Morgan fingerprint density at radius 1 is 1.24 bits per heavy atom. The summed E-state index contributed by atoms with van der Waals surface area (Å²) in [7, 11) is 0. The average molecular weight is 449 g/mol. The van der Waals surface area contributed by atoms with E-state index in [-0.39, 0.29) is 16.4 Å². The maximum Gasteiger partial charge on any atom is 0.434 e. The maximum atomic E-state index is 12.6. The molecular weight excluding hydrogens is 442 g/mol. The monoisotopic (exact) mass is 448 g/mol. The molecule has 25 heavy (non-hydrogen) atoms. The fraction of sp³-hybridized carbons (Fsp3) is 0.250. The van der Waals surface area contributed by atoms with Gasteiger partial charge in [0.1, 0.15) is 17.4 Å². The second-order valence-electron chi connectivity index (χ2n) is 4.51. The number of nitrogens with one attached hydrogen (secondary N) is 2. The topological polar surface area (TPSA) is 66.9 Å². The fourth-order valence-corrected chi connectivity index (χ4v) is 2.93. The number of halogens is 7. The lowest BCUT2D eigenvalue weighted by molar-refractivity contribution is -0.140. The van der Waals surface area contributed by atoms with E-state index in [2.05, 4.69) is 31.2 Å². The van der Waals surface area contributed by atoms with Crippen molar-refractivity contribution in [2.24, 2.45) is 0 Å². The minimum Gasteiger partial charge on any atom is -0.329 e. The largest absolute Gasteiger partial charge is 0.434 e. The summed E-state index contributed by atoms with van der Waals surface area (Å²) in [5.74, 6) is -0.151. The van der Waals surface area contributed by atoms with Crippen molar-refractivity contribution in [2.75, 3.05) is 11.9 Å². The van der Waals surface area contributed by atoms with E-state index in [0.717, 1.165) is 16.7 Å². The highest BCUT2D eigenvalue weighted by Gasteiger charge is 2.34. The Morgan fingerprint density at radius 2 is 1.92 bits per heavy atom. The van der Waals surface area contributed by atoms with E-state index in [0.29, 0.717) is 4.47 Å². The molecule has 0 saturated heterocycles. The van der Waals surface area contributed by atoms with Crippen molar-refractivity contribution in [1.29, 1.82) is 0 Å². The van der Waals surface area contributed by atoms with Crippen LogP contribution < -0.4 is 10.6 Å². The number of thiazole rings is 1. The minimum atomic E-state index is -4.60. The molecule has 0 bridgehead atoms. The van der Waals surface area contributed by atoms with Gasteiger partial charge in [-0.25, -0.2) is 14.8 Å². The van der Waals surface area contributed by atoms with Gasteiger partial charge in [-0.2, -0.15) is 26.3 Å². The molecule has 136 valence electrons. The minimum absolute atomic E-state index is 0.000324. The van der Waals surface area contributed by atoms with Crippen molar-refractivity contribution in [2.45, 2.75) is 12.4 Å². The second-order valence-corrected chi connectivity index (χ2v) is 6.22. The lowest BCUT2D eigenvalue weighted by atomic mass is 10.2. The third kappa shape index (κ3) is 5.56. The highest BCUT2D eigenvalue weighted by atomic mass is 79.9. The van der Waals surface area contributed by atoms with E-state index >= 15 is 0 Å². The highest BCUT2D eigenvalue weighted by Crippen LogP contribution is 2.36. The van der Waals surface area contributed by atoms with Crippen LogP contribution in [-0.4, -0.2) is 28.7 Å². The summed E-state index contributed by atoms with van der Waals surface area (Å²) < 4.78 is 74.2. The molecule has 0 spiro atoms. The number of hydrogen-bond donors (Lipinski definition) is 2. The third-order valence-electron chi connectivity index (χ3n) is 2.57. The summed E-state index contributed by atoms with van der Waals surface area (Å²) in [6.07, 6.45) is -8.00. The van der Waals surface area contributed by atoms with Crippen molar-refractivity contribution in [1.82, 2.24) is 15.3 Å². The van der Waals surface area contributed by atoms with Crippen molar-refractivity contribution < 1.29 is 31.1 Å². The zero-order valence-corrected chi connectivity index (χ0v) is 14.2. The summed E-state index contributed by atoms with van der Waals surface area (Å²) in [4.78, 5) is 18.6. The van der Waals surface area contributed by atoms with Crippen LogP contribution in [0.2, 0.25) is 0 Å². The second kappa shape index (κ2) is 7.15. The molecule has 0 fully saturated rings. The molecule has 13 heteroatoms. The van der Waals surface area contributed by atoms with Gasteiger partial charge in [0, 0.05) is 21.6 Å². The zero-order valence-electron chi connectivity index (χ0n) is 11.8. The Balaban J connectivity index is 2.18. The van der Waals surface area contributed by atoms with Gasteiger partial charge in [0.2, 0.25) is 0 Å². The van der Waals surface area contributed by atoms with Gasteiger partial charge in [-0.05, 0) is 22.0 Å². The lowest BCUT2D eigenvalue weighted by Gasteiger charge is -2.10. The van der Waals surface area contributed by atoms with Crippen LogP contribution in [0.3, 0.4) is 0 Å². The number of rotatable bonds is 3. The number of aromatic nitrogens is 2. The zero-order chi connectivity index (χ0) is 18.8. The van der Waals surface area contributed by atoms with Gasteiger partial charge in [-0.15, -0.1) is 11.3 Å². The molecule has 0 aliphatic carbocycles. The molecule has 2 heterocycles. The number of anilines is 1. The van der Waals surface area contributed by atoms with E-state index in [1.54, 1.807) is 5.32 Å². The quantitative estimate of drug-likeness (QED) is 0.670. The average Bonchev–Trinajstić information content (AvgIpc) is 2.96. The van der Waals surface area contributed by atoms with E-state index in [1.807, 2.05) is 0 Å². The first-order chi connectivity index (χ1) is 11.5. The Labute approximate surface area is 148 Å². The molecule has 0 atom stereocenters. The molecule has 2 rings (SSSR count). The van der Waals surface area contributed by atoms with Crippen LogP contribution in [0.4, 0.5) is 37.0 Å². The van der Waals surface area contributed by atoms with E-state index in [1.165, 1.54) is 12.3 Å². The van der Waals surface area contributed by atoms with Crippen molar-refractivity contribution in [3.63, 3.8) is 0 Å². The van der Waals surface area contributed by atoms with Crippen LogP contribution in [0.25, 0.3) is 10.6 Å². The number of urea groups is 1. The first-order valence-corrected chi connectivity index (χ1v) is 7.93. The van der Waals surface area contributed by atoms with Crippen LogP contribution in [0.1, 0.15) is 5.69 Å². The number of pyridine rings is 1. The molecule has 2 N–H and O–H groups in total. The fourth-order valence-electron chi connectivity index (χ4n) is 1.54. The molecule has 2 aromatic heterocycles. The van der Waals surface area contributed by atoms with E-state index in [9.17, 15) is 31.1 Å². The van der Waals surface area contributed by atoms with Crippen molar-refractivity contribution in [3.05, 3.63) is 27.8 Å². The predicted molar refractivity (Wildman–Crippen MR) is 81.1 cm³/mol. The van der Waals surface area contributed by atoms with Gasteiger partial charge in [-0.1, -0.05) is 0 Å². The number of alkyl halides is 6. The van der Waals surface area contributed by atoms with Crippen LogP contribution in [0.15, 0.2) is 22.1 Å². The van der Waals surface area contributed by atoms with Gasteiger partial charge in [0.25, 0.3) is 0 Å². The Hall–Kier alpha value is -1.89. The summed E-state index contributed by atoms with van der Waals surface area (Å²) in [6.45, 7) is -1.54. The molecule has 5 nitrogen and oxygen atoms in total. The molecule has 0 saturated carbocycles. The summed E-state index contributed by atoms with van der Waals surface area (Å²) in [5.41, 5.74) is -0.879. The Bertz CT molecular complexity index is 776. The standard InChI is InChI=1S/C12H7BrF6N4OS/c13-6-2-20-8(23-10(24)21-4-11(14,15)16)1-5(6)9-22-7(3-25-9)12(17,18)19/h1-3H,4H2,(H2,20,21,23,24). The number of carbonyl (C=O) groups is 1. The smallest absolute Gasteiger partial charge is 0.329 e. The lowest BCUT2D eigenvalue weighted by Crippen LogP contribution is -2.36. The molecule has 2 amide bonds. The molecule has 2 aromatic rings. The molecule has 0 unspecified atom stereocenters. The van der Waals surface area contributed by atoms with Gasteiger partial charge in [-0.3, -0.25) is 5.32 Å². The van der Waals surface area contributed by atoms with Crippen LogP contribution in [-0.2, 0) is 6.18 Å². The number of nitrogens with zero attached hydrogens (tertiary/aromatic N) is 2. The van der Waals surface area contributed by atoms with Gasteiger partial charge in [0.15, 0.2) is 5.69 Å². The van der Waals surface area contributed by atoms with E-state index < -0.39 is 30.6 Å². The third-order valence-corrected chi connectivity index (χ3v) is 4.08. The van der Waals surface area contributed by atoms with Crippen LogP contribution >= 0.6 is 27.3 Å². The maximum absolute atomic E-state index is 12.6. The molecule has 0 aromatic carbocycles. The SMILES string of the molecule is O=C(NCC(F)(F)F)Nc1cc(-c2nc(C(F)(F)F)cs2)c(Br)cn1. The predicted octanol–water partition coefficient (Wildman–Crippen LogP) is 4.67. The number of hydrogen-bond acceptors (Lipinski definition) is 4. The Kier molecular flexibility index (Phi) is 5.56. The van der Waals surface area contributed by atoms with E-state index in [4.69, 9.17) is 0 Å². The van der Waals surface area contributed by atoms with Gasteiger partial charge < -0.3 is 5.32 Å². The van der Waals surface area contributed by atoms with Crippen LogP contribution in [0, 0.1) is 0 Å².